The van der Waals surface area contributed by atoms with Crippen LogP contribution in [0.3, 0.4) is 0 Å². The van der Waals surface area contributed by atoms with Crippen LogP contribution >= 0.6 is 11.3 Å². The van der Waals surface area contributed by atoms with Crippen LogP contribution in [0.15, 0.2) is 36.8 Å². The number of aromatic amines is 1. The van der Waals surface area contributed by atoms with Gasteiger partial charge in [-0.3, -0.25) is 15.5 Å². The van der Waals surface area contributed by atoms with Crippen molar-refractivity contribution in [2.45, 2.75) is 6.54 Å². The van der Waals surface area contributed by atoms with Crippen molar-refractivity contribution in [2.24, 2.45) is 0 Å². The summed E-state index contributed by atoms with van der Waals surface area (Å²) in [6, 6.07) is 7.57. The summed E-state index contributed by atoms with van der Waals surface area (Å²) < 4.78 is 1.12. The number of nitrogens with zero attached hydrogens (tertiary/aromatic N) is 6. The molecule has 0 aliphatic carbocycles. The molecule has 0 amide bonds. The number of H-pyrrole nitrogens is 1. The number of hydrazine groups is 2. The van der Waals surface area contributed by atoms with Crippen LogP contribution in [0.25, 0.3) is 21.5 Å². The van der Waals surface area contributed by atoms with Gasteiger partial charge in [0.05, 0.1) is 34.8 Å². The van der Waals surface area contributed by atoms with Crippen LogP contribution in [0.1, 0.15) is 10.6 Å². The Morgan fingerprint density at radius 3 is 2.96 bits per heavy atom. The fourth-order valence-electron chi connectivity index (χ4n) is 2.73. The number of pyridine rings is 1. The van der Waals surface area contributed by atoms with Gasteiger partial charge in [-0.15, -0.1) is 16.9 Å². The SMILES string of the molecule is N#Cc1ccc(-c2cnc3c(n2)N(Cc2cc4[nH]ncc4s2)NN3)cn1. The van der Waals surface area contributed by atoms with E-state index in [0.717, 1.165) is 15.8 Å². The molecule has 1 aliphatic heterocycles. The maximum absolute atomic E-state index is 8.87. The minimum absolute atomic E-state index is 0.371. The second kappa shape index (κ2) is 5.76. The fourth-order valence-corrected chi connectivity index (χ4v) is 3.70. The molecule has 5 rings (SSSR count). The van der Waals surface area contributed by atoms with E-state index in [1.54, 1.807) is 29.8 Å². The van der Waals surface area contributed by atoms with Crippen molar-refractivity contribution in [3.05, 3.63) is 47.4 Å². The van der Waals surface area contributed by atoms with Crippen molar-refractivity contribution >= 4 is 33.2 Å². The number of thiophene rings is 1. The van der Waals surface area contributed by atoms with Crippen LogP contribution in [0, 0.1) is 11.3 Å². The molecule has 4 aromatic rings. The van der Waals surface area contributed by atoms with Gasteiger partial charge in [-0.05, 0) is 18.2 Å². The molecule has 0 saturated carbocycles. The standard InChI is InChI=1S/C16H11N9S/c17-4-10-2-1-9(5-18-10)13-6-19-15-16(21-13)25(24-23-15)8-11-3-12-14(26-11)7-20-22-12/h1-3,5-7,24H,8H2,(H,19,23)(H,20,22). The zero-order valence-corrected chi connectivity index (χ0v) is 14.1. The summed E-state index contributed by atoms with van der Waals surface area (Å²) in [5.41, 5.74) is 9.01. The number of anilines is 2. The molecule has 0 fully saturated rings. The first-order valence-electron chi connectivity index (χ1n) is 7.75. The van der Waals surface area contributed by atoms with E-state index in [0.29, 0.717) is 29.6 Å². The molecule has 10 heteroatoms. The van der Waals surface area contributed by atoms with Crippen LogP contribution in [0.2, 0.25) is 0 Å². The Bertz CT molecular complexity index is 1110. The second-order valence-corrected chi connectivity index (χ2v) is 6.82. The molecule has 0 radical (unpaired) electrons. The van der Waals surface area contributed by atoms with Gasteiger partial charge >= 0.3 is 0 Å². The van der Waals surface area contributed by atoms with Crippen LogP contribution in [-0.4, -0.2) is 25.1 Å². The Morgan fingerprint density at radius 2 is 2.15 bits per heavy atom. The maximum Gasteiger partial charge on any atom is 0.190 e. The zero-order chi connectivity index (χ0) is 17.5. The highest BCUT2D eigenvalue weighted by molar-refractivity contribution is 7.19. The average Bonchev–Trinajstić information content (AvgIpc) is 3.37. The second-order valence-electron chi connectivity index (χ2n) is 5.65. The number of fused-ring (bicyclic) bond motifs is 2. The third-order valence-electron chi connectivity index (χ3n) is 3.99. The molecule has 0 bridgehead atoms. The summed E-state index contributed by atoms with van der Waals surface area (Å²) in [4.78, 5) is 14.4. The Morgan fingerprint density at radius 1 is 1.19 bits per heavy atom. The number of aromatic nitrogens is 5. The number of nitrogens with one attached hydrogen (secondary N) is 3. The molecule has 5 heterocycles. The van der Waals surface area contributed by atoms with E-state index >= 15 is 0 Å². The molecular formula is C16H11N9S. The summed E-state index contributed by atoms with van der Waals surface area (Å²) in [5, 5.41) is 17.8. The smallest absolute Gasteiger partial charge is 0.190 e. The summed E-state index contributed by atoms with van der Waals surface area (Å²) in [7, 11) is 0. The first kappa shape index (κ1) is 14.8. The van der Waals surface area contributed by atoms with E-state index in [9.17, 15) is 0 Å². The minimum Gasteiger partial charge on any atom is -0.285 e. The van der Waals surface area contributed by atoms with Gasteiger partial charge in [0, 0.05) is 16.6 Å². The number of hydrogen-bond donors (Lipinski definition) is 3. The molecule has 9 nitrogen and oxygen atoms in total. The Balaban J connectivity index is 1.45. The van der Waals surface area contributed by atoms with Gasteiger partial charge in [0.1, 0.15) is 11.8 Å². The summed E-state index contributed by atoms with van der Waals surface area (Å²) >= 11 is 1.68. The molecular weight excluding hydrogens is 350 g/mol. The summed E-state index contributed by atoms with van der Waals surface area (Å²) in [5.74, 6) is 1.38. The summed E-state index contributed by atoms with van der Waals surface area (Å²) in [6.45, 7) is 0.636. The number of rotatable bonds is 3. The lowest BCUT2D eigenvalue weighted by atomic mass is 10.2. The van der Waals surface area contributed by atoms with Gasteiger partial charge in [0.15, 0.2) is 11.6 Å². The average molecular weight is 361 g/mol. The Hall–Kier alpha value is -3.55. The van der Waals surface area contributed by atoms with Crippen molar-refractivity contribution in [3.63, 3.8) is 0 Å². The third kappa shape index (κ3) is 2.43. The predicted octanol–water partition coefficient (Wildman–Crippen LogP) is 2.20. The van der Waals surface area contributed by atoms with Crippen molar-refractivity contribution in [2.75, 3.05) is 10.4 Å². The van der Waals surface area contributed by atoms with Crippen molar-refractivity contribution in [3.8, 4) is 17.3 Å². The molecule has 0 aromatic carbocycles. The third-order valence-corrected chi connectivity index (χ3v) is 5.04. The summed E-state index contributed by atoms with van der Waals surface area (Å²) in [6.07, 6.45) is 5.13. The molecule has 0 atom stereocenters. The van der Waals surface area contributed by atoms with Gasteiger partial charge in [-0.25, -0.2) is 15.0 Å². The van der Waals surface area contributed by atoms with Gasteiger partial charge in [0.25, 0.3) is 0 Å². The van der Waals surface area contributed by atoms with Crippen molar-refractivity contribution in [1.82, 2.24) is 30.7 Å². The largest absolute Gasteiger partial charge is 0.285 e. The van der Waals surface area contributed by atoms with Gasteiger partial charge < -0.3 is 0 Å². The van der Waals surface area contributed by atoms with E-state index in [1.165, 1.54) is 4.88 Å². The van der Waals surface area contributed by atoms with Crippen LogP contribution in [-0.2, 0) is 6.54 Å². The highest BCUT2D eigenvalue weighted by atomic mass is 32.1. The van der Waals surface area contributed by atoms with Gasteiger partial charge in [-0.1, -0.05) is 0 Å². The zero-order valence-electron chi connectivity index (χ0n) is 13.3. The lowest BCUT2D eigenvalue weighted by molar-refractivity contribution is 0.723. The van der Waals surface area contributed by atoms with Gasteiger partial charge in [-0.2, -0.15) is 10.4 Å². The highest BCUT2D eigenvalue weighted by Crippen LogP contribution is 2.31. The minimum atomic E-state index is 0.371. The fraction of sp³-hybridized carbons (Fsp3) is 0.0625. The predicted molar refractivity (Wildman–Crippen MR) is 96.9 cm³/mol. The maximum atomic E-state index is 8.87. The lowest BCUT2D eigenvalue weighted by Crippen LogP contribution is -2.35. The van der Waals surface area contributed by atoms with Crippen LogP contribution in [0.4, 0.5) is 11.6 Å². The first-order valence-corrected chi connectivity index (χ1v) is 8.56. The topological polar surface area (TPSA) is 118 Å². The van der Waals surface area contributed by atoms with E-state index in [2.05, 4.69) is 37.2 Å². The molecule has 3 N–H and O–H groups in total. The molecule has 0 spiro atoms. The molecule has 126 valence electrons. The number of hydrogen-bond acceptors (Lipinski definition) is 9. The number of nitriles is 1. The van der Waals surface area contributed by atoms with Crippen LogP contribution < -0.4 is 16.0 Å². The van der Waals surface area contributed by atoms with Crippen LogP contribution in [0.5, 0.6) is 0 Å². The van der Waals surface area contributed by atoms with E-state index in [1.807, 2.05) is 23.3 Å². The van der Waals surface area contributed by atoms with E-state index in [-0.39, 0.29) is 0 Å². The molecule has 26 heavy (non-hydrogen) atoms. The highest BCUT2D eigenvalue weighted by Gasteiger charge is 2.23. The van der Waals surface area contributed by atoms with Crippen molar-refractivity contribution < 1.29 is 0 Å². The molecule has 4 aromatic heterocycles. The molecule has 0 unspecified atom stereocenters. The lowest BCUT2D eigenvalue weighted by Gasteiger charge is -2.15. The Kier molecular flexibility index (Phi) is 3.27. The van der Waals surface area contributed by atoms with E-state index in [4.69, 9.17) is 10.2 Å². The Labute approximate surface area is 151 Å². The molecule has 1 aliphatic rings. The van der Waals surface area contributed by atoms with Gasteiger partial charge in [0.2, 0.25) is 0 Å². The monoisotopic (exact) mass is 361 g/mol. The van der Waals surface area contributed by atoms with E-state index < -0.39 is 0 Å². The molecule has 0 saturated heterocycles. The first-order chi connectivity index (χ1) is 12.8. The quantitative estimate of drug-likeness (QED) is 0.508. The van der Waals surface area contributed by atoms with Crippen molar-refractivity contribution in [1.29, 1.82) is 5.26 Å². The normalized spacial score (nSPS) is 12.8.